The minimum Gasteiger partial charge on any atom is -0.457 e. The molecule has 3 aliphatic carbocycles. The van der Waals surface area contributed by atoms with E-state index < -0.39 is 42.2 Å². The van der Waals surface area contributed by atoms with Crippen LogP contribution in [0.2, 0.25) is 0 Å². The lowest BCUT2D eigenvalue weighted by atomic mass is 9.59. The fourth-order valence-corrected chi connectivity index (χ4v) is 9.17. The molecular weight excluding hydrogens is 566 g/mol. The Morgan fingerprint density at radius 1 is 0.800 bits per heavy atom. The summed E-state index contributed by atoms with van der Waals surface area (Å²) in [5, 5.41) is 1.99. The number of nitrogens with zero attached hydrogens (tertiary/aromatic N) is 1. The summed E-state index contributed by atoms with van der Waals surface area (Å²) < 4.78 is 18.7. The summed E-state index contributed by atoms with van der Waals surface area (Å²) in [5.41, 5.74) is 4.91. The molecule has 0 spiro atoms. The van der Waals surface area contributed by atoms with Crippen LogP contribution in [0.15, 0.2) is 91.0 Å². The highest BCUT2D eigenvalue weighted by Crippen LogP contribution is 2.57. The van der Waals surface area contributed by atoms with Gasteiger partial charge in [0.05, 0.1) is 24.0 Å². The molecule has 7 heteroatoms. The number of fused-ring (bicyclic) bond motifs is 3. The highest BCUT2D eigenvalue weighted by Gasteiger charge is 2.73. The summed E-state index contributed by atoms with van der Waals surface area (Å²) in [4.78, 5) is 43.7. The minimum atomic E-state index is -0.865. The molecule has 226 valence electrons. The molecule has 0 aromatic heterocycles. The number of amides is 1. The van der Waals surface area contributed by atoms with Crippen LogP contribution < -0.4 is 4.74 Å². The maximum atomic E-state index is 14.3. The Kier molecular flexibility index (Phi) is 5.82. The first kappa shape index (κ1) is 26.9. The monoisotopic (exact) mass is 599 g/mol. The van der Waals surface area contributed by atoms with E-state index in [4.69, 9.17) is 14.2 Å². The largest absolute Gasteiger partial charge is 0.457 e. The van der Waals surface area contributed by atoms with Gasteiger partial charge in [0, 0.05) is 17.9 Å². The number of benzene rings is 4. The third kappa shape index (κ3) is 3.77. The summed E-state index contributed by atoms with van der Waals surface area (Å²) in [7, 11) is 0. The van der Waals surface area contributed by atoms with Gasteiger partial charge in [0.25, 0.3) is 0 Å². The lowest BCUT2D eigenvalue weighted by molar-refractivity contribution is -0.164. The first-order chi connectivity index (χ1) is 21.9. The minimum absolute atomic E-state index is 0.109. The van der Waals surface area contributed by atoms with Crippen molar-refractivity contribution in [2.75, 3.05) is 0 Å². The van der Waals surface area contributed by atoms with Gasteiger partial charge in [-0.1, -0.05) is 78.9 Å². The van der Waals surface area contributed by atoms with Crippen molar-refractivity contribution in [1.82, 2.24) is 4.90 Å². The van der Waals surface area contributed by atoms with E-state index in [9.17, 15) is 14.4 Å². The van der Waals surface area contributed by atoms with Crippen molar-refractivity contribution in [2.24, 2.45) is 17.8 Å². The van der Waals surface area contributed by atoms with Crippen molar-refractivity contribution in [2.45, 2.75) is 62.5 Å². The molecule has 3 saturated heterocycles. The standard InChI is InChI=1S/C38H33NO6/c1-19(2)39-32-33-30(36(39)40)31(38(42)43-22-16-15-20-9-3-4-10-21(20)17-22)34(44-33)35(32)45-37(41)28-18-27-23-11-5-7-13-25(23)29(28)26-14-8-6-12-24(26)27/h3-17,19,27-35H,18H2,1-2H3. The highest BCUT2D eigenvalue weighted by molar-refractivity contribution is 5.92. The Labute approximate surface area is 261 Å². The maximum Gasteiger partial charge on any atom is 0.318 e. The Morgan fingerprint density at radius 2 is 1.44 bits per heavy atom. The van der Waals surface area contributed by atoms with Gasteiger partial charge in [-0.05, 0) is 65.4 Å². The second kappa shape index (κ2) is 9.75. The van der Waals surface area contributed by atoms with Gasteiger partial charge in [0.2, 0.25) is 5.91 Å². The molecule has 3 fully saturated rings. The van der Waals surface area contributed by atoms with E-state index in [1.54, 1.807) is 11.0 Å². The molecule has 45 heavy (non-hydrogen) atoms. The van der Waals surface area contributed by atoms with E-state index in [2.05, 4.69) is 36.4 Å². The molecule has 10 rings (SSSR count). The molecule has 7 atom stereocenters. The number of likely N-dealkylation sites (tertiary alicyclic amines) is 1. The molecule has 0 radical (unpaired) electrons. The molecule has 7 unspecified atom stereocenters. The molecular formula is C38H33NO6. The van der Waals surface area contributed by atoms with Gasteiger partial charge in [-0.2, -0.15) is 0 Å². The van der Waals surface area contributed by atoms with Gasteiger partial charge in [-0.25, -0.2) is 0 Å². The molecule has 0 N–H and O–H groups in total. The predicted octanol–water partition coefficient (Wildman–Crippen LogP) is 5.59. The Bertz CT molecular complexity index is 1850. The predicted molar refractivity (Wildman–Crippen MR) is 166 cm³/mol. The van der Waals surface area contributed by atoms with Gasteiger partial charge in [-0.3, -0.25) is 14.4 Å². The van der Waals surface area contributed by atoms with Crippen molar-refractivity contribution in [3.8, 4) is 5.75 Å². The Morgan fingerprint density at radius 3 is 2.13 bits per heavy atom. The molecule has 6 aliphatic rings. The summed E-state index contributed by atoms with van der Waals surface area (Å²) in [5.74, 6) is -2.44. The number of carbonyl (C=O) groups excluding carboxylic acids is 3. The second-order valence-electron chi connectivity index (χ2n) is 13.4. The fraction of sp³-hybridized carbons (Fsp3) is 0.342. The molecule has 4 bridgehead atoms. The average Bonchev–Trinajstić information content (AvgIpc) is 3.68. The van der Waals surface area contributed by atoms with E-state index in [1.807, 2.05) is 62.4 Å². The van der Waals surface area contributed by atoms with Gasteiger partial charge >= 0.3 is 11.9 Å². The molecule has 3 heterocycles. The van der Waals surface area contributed by atoms with Crippen molar-refractivity contribution >= 4 is 28.6 Å². The van der Waals surface area contributed by atoms with Crippen LogP contribution in [-0.4, -0.2) is 53.1 Å². The van der Waals surface area contributed by atoms with Crippen LogP contribution in [0.1, 0.15) is 54.4 Å². The van der Waals surface area contributed by atoms with Crippen LogP contribution in [0.5, 0.6) is 5.75 Å². The van der Waals surface area contributed by atoms with E-state index in [-0.39, 0.29) is 35.7 Å². The second-order valence-corrected chi connectivity index (χ2v) is 13.4. The zero-order valence-electron chi connectivity index (χ0n) is 25.0. The molecule has 1 amide bonds. The Hall–Kier alpha value is -4.49. The lowest BCUT2D eigenvalue weighted by Crippen LogP contribution is -2.52. The number of esters is 2. The fourth-order valence-electron chi connectivity index (χ4n) is 9.17. The molecule has 0 saturated carbocycles. The molecule has 4 aromatic carbocycles. The van der Waals surface area contributed by atoms with E-state index in [0.29, 0.717) is 12.2 Å². The number of hydrogen-bond acceptors (Lipinski definition) is 6. The van der Waals surface area contributed by atoms with Crippen LogP contribution in [0.25, 0.3) is 10.8 Å². The summed E-state index contributed by atoms with van der Waals surface area (Å²) >= 11 is 0. The maximum absolute atomic E-state index is 14.3. The van der Waals surface area contributed by atoms with Gasteiger partial charge in [-0.15, -0.1) is 0 Å². The first-order valence-electron chi connectivity index (χ1n) is 16.0. The van der Waals surface area contributed by atoms with Crippen molar-refractivity contribution in [1.29, 1.82) is 0 Å². The average molecular weight is 600 g/mol. The van der Waals surface area contributed by atoms with Crippen molar-refractivity contribution in [3.05, 3.63) is 113 Å². The van der Waals surface area contributed by atoms with Crippen LogP contribution in [-0.2, 0) is 23.9 Å². The number of carbonyl (C=O) groups is 3. The SMILES string of the molecule is CC(C)N1C(=O)C2C3OC(C(OC(=O)C4CC5c6ccccc6C4c4ccccc45)C31)C2C(=O)Oc1ccc2ccccc2c1. The van der Waals surface area contributed by atoms with E-state index >= 15 is 0 Å². The smallest absolute Gasteiger partial charge is 0.318 e. The third-order valence-corrected chi connectivity index (χ3v) is 10.9. The number of hydrogen-bond donors (Lipinski definition) is 0. The quantitative estimate of drug-likeness (QED) is 0.220. The number of ether oxygens (including phenoxy) is 3. The van der Waals surface area contributed by atoms with Crippen molar-refractivity contribution < 1.29 is 28.6 Å². The lowest BCUT2D eigenvalue weighted by Gasteiger charge is -2.45. The first-order valence-corrected chi connectivity index (χ1v) is 16.0. The molecule has 4 aromatic rings. The zero-order chi connectivity index (χ0) is 30.6. The Balaban J connectivity index is 1.03. The number of rotatable bonds is 5. The van der Waals surface area contributed by atoms with Gasteiger partial charge in [0.15, 0.2) is 6.10 Å². The molecule has 7 nitrogen and oxygen atoms in total. The van der Waals surface area contributed by atoms with Crippen LogP contribution in [0, 0.1) is 17.8 Å². The van der Waals surface area contributed by atoms with E-state index in [1.165, 1.54) is 22.3 Å². The molecule has 3 aliphatic heterocycles. The van der Waals surface area contributed by atoms with Gasteiger partial charge < -0.3 is 19.1 Å². The van der Waals surface area contributed by atoms with Crippen LogP contribution in [0.3, 0.4) is 0 Å². The van der Waals surface area contributed by atoms with E-state index in [0.717, 1.165) is 10.8 Å². The summed E-state index contributed by atoms with van der Waals surface area (Å²) in [6.45, 7) is 3.90. The van der Waals surface area contributed by atoms with Crippen molar-refractivity contribution in [3.63, 3.8) is 0 Å². The van der Waals surface area contributed by atoms with Crippen LogP contribution >= 0.6 is 0 Å². The highest BCUT2D eigenvalue weighted by atomic mass is 16.6. The third-order valence-electron chi connectivity index (χ3n) is 10.9. The topological polar surface area (TPSA) is 82.1 Å². The summed E-state index contributed by atoms with van der Waals surface area (Å²) in [6, 6.07) is 29.6. The van der Waals surface area contributed by atoms with Crippen LogP contribution in [0.4, 0.5) is 0 Å². The summed E-state index contributed by atoms with van der Waals surface area (Å²) in [6.07, 6.45) is -1.38. The van der Waals surface area contributed by atoms with Gasteiger partial charge in [0.1, 0.15) is 17.8 Å². The normalized spacial score (nSPS) is 31.8. The zero-order valence-corrected chi connectivity index (χ0v) is 25.0.